The molecule has 0 aliphatic carbocycles. The molecule has 72 heavy (non-hydrogen) atoms. The number of aliphatic imine (C=N–C) groups is 1. The van der Waals surface area contributed by atoms with E-state index in [4.69, 9.17) is 33.7 Å². The molecule has 7 heterocycles. The molecule has 1 aromatic heterocycles. The molecule has 16 nitrogen and oxygen atoms in total. The monoisotopic (exact) mass is 986 g/mol. The molecule has 16 heteroatoms. The van der Waals surface area contributed by atoms with Crippen molar-refractivity contribution < 1.29 is 42.9 Å². The summed E-state index contributed by atoms with van der Waals surface area (Å²) in [6.45, 7) is 17.0. The highest BCUT2D eigenvalue weighted by Gasteiger charge is 2.49. The van der Waals surface area contributed by atoms with Gasteiger partial charge in [0.2, 0.25) is 11.8 Å². The van der Waals surface area contributed by atoms with Crippen LogP contribution in [0.5, 0.6) is 5.75 Å². The quantitative estimate of drug-likeness (QED) is 0.146. The maximum absolute atomic E-state index is 14.8. The van der Waals surface area contributed by atoms with Gasteiger partial charge >= 0.3 is 12.2 Å². The molecule has 4 amide bonds. The fourth-order valence-electron chi connectivity index (χ4n) is 13.1. The molecule has 0 spiro atoms. The highest BCUT2D eigenvalue weighted by molar-refractivity contribution is 6.07. The van der Waals surface area contributed by atoms with E-state index >= 15 is 0 Å². The maximum atomic E-state index is 14.8. The van der Waals surface area contributed by atoms with Crippen molar-refractivity contribution in [1.82, 2.24) is 30.4 Å². The second-order valence-electron chi connectivity index (χ2n) is 21.9. The first kappa shape index (κ1) is 49.6. The van der Waals surface area contributed by atoms with E-state index in [0.717, 1.165) is 74.3 Å². The van der Waals surface area contributed by atoms with Crippen LogP contribution >= 0.6 is 0 Å². The number of hydrogen-bond acceptors (Lipinski definition) is 11. The lowest BCUT2D eigenvalue weighted by molar-refractivity contribution is -0.141. The summed E-state index contributed by atoms with van der Waals surface area (Å²) >= 11 is 0. The number of nitrogens with one attached hydrogen (secondary N) is 3. The number of carbonyl (C=O) groups is 4. The molecule has 4 fully saturated rings. The standard InChI is InChI=1S/C56H71N7O9/c1-27-15-47(62(33(27)7)53(64)50(60-55(66)68-9)37-17-29(3)71-30(4)18-37)45-23-42-41-24-49-43(22-35(41)12-14-44(42)58-45)40-13-11-36(21-39(40)26-70-49)46-25-57-52(59-46)48-16-28(2)34(8)63(48)54(65)51(61-56(67)69-10)38-19-31(5)72-32(6)20-38/h11-14,21-22,24-25,27-34,37-38,47-48,50-51H,15-20,23,26H2,1-10H3,(H,57,59)(H,60,66)(H,61,67)/t27-,28+,29+,30+,31+,32+,33-,34+,47-,48+,50-,51-/m0/s1. The van der Waals surface area contributed by atoms with Gasteiger partial charge in [-0.25, -0.2) is 14.6 Å². The number of carbonyl (C=O) groups excluding carboxylic acids is 4. The number of imidazole rings is 1. The van der Waals surface area contributed by atoms with Crippen molar-refractivity contribution in [2.45, 2.75) is 168 Å². The number of alkyl carbamates (subject to hydrolysis) is 2. The zero-order valence-corrected chi connectivity index (χ0v) is 43.3. The Morgan fingerprint density at radius 3 is 1.85 bits per heavy atom. The number of nitrogens with zero attached hydrogens (tertiary/aromatic N) is 4. The Bertz CT molecular complexity index is 2770. The number of aromatic nitrogens is 2. The van der Waals surface area contributed by atoms with E-state index in [1.54, 1.807) is 0 Å². The van der Waals surface area contributed by atoms with Gasteiger partial charge in [0.1, 0.15) is 30.3 Å². The Labute approximate surface area is 422 Å². The molecule has 0 saturated carbocycles. The molecule has 4 aromatic rings. The van der Waals surface area contributed by atoms with Crippen LogP contribution in [0, 0.1) is 23.7 Å². The molecular formula is C56H71N7O9. The molecule has 384 valence electrons. The molecule has 0 bridgehead atoms. The molecule has 12 atom stereocenters. The Morgan fingerprint density at radius 1 is 0.694 bits per heavy atom. The number of H-pyrrole nitrogens is 1. The van der Waals surface area contributed by atoms with Crippen LogP contribution in [0.15, 0.2) is 53.7 Å². The first-order valence-corrected chi connectivity index (χ1v) is 26.1. The number of hydrogen-bond donors (Lipinski definition) is 3. The van der Waals surface area contributed by atoms with Crippen molar-refractivity contribution in [2.75, 3.05) is 14.2 Å². The number of rotatable bonds is 9. The minimum absolute atomic E-state index is 0.0312. The lowest BCUT2D eigenvalue weighted by Crippen LogP contribution is -2.57. The Kier molecular flexibility index (Phi) is 13.6. The molecule has 4 saturated heterocycles. The van der Waals surface area contributed by atoms with Gasteiger partial charge in [0, 0.05) is 29.8 Å². The van der Waals surface area contributed by atoms with E-state index in [1.165, 1.54) is 14.2 Å². The van der Waals surface area contributed by atoms with Crippen molar-refractivity contribution in [3.8, 4) is 28.1 Å². The first-order valence-electron chi connectivity index (χ1n) is 26.1. The van der Waals surface area contributed by atoms with Crippen molar-refractivity contribution in [3.05, 3.63) is 65.6 Å². The van der Waals surface area contributed by atoms with Crippen LogP contribution in [0.4, 0.5) is 15.3 Å². The Hall–Kier alpha value is -6.00. The number of aromatic amines is 1. The van der Waals surface area contributed by atoms with Gasteiger partial charge in [-0.1, -0.05) is 32.0 Å². The maximum Gasteiger partial charge on any atom is 0.407 e. The third-order valence-corrected chi connectivity index (χ3v) is 17.0. The van der Waals surface area contributed by atoms with Crippen LogP contribution in [0.1, 0.15) is 117 Å². The van der Waals surface area contributed by atoms with Crippen LogP contribution in [0.3, 0.4) is 0 Å². The molecule has 0 unspecified atom stereocenters. The van der Waals surface area contributed by atoms with Gasteiger partial charge in [-0.15, -0.1) is 0 Å². The number of amides is 4. The average Bonchev–Trinajstić information content (AvgIpc) is 4.15. The fourth-order valence-corrected chi connectivity index (χ4v) is 13.1. The first-order chi connectivity index (χ1) is 34.5. The fraction of sp³-hybridized carbons (Fsp3) is 0.571. The third-order valence-electron chi connectivity index (χ3n) is 17.0. The minimum atomic E-state index is -0.760. The molecule has 3 aromatic carbocycles. The largest absolute Gasteiger partial charge is 0.488 e. The van der Waals surface area contributed by atoms with Gasteiger partial charge in [0.25, 0.3) is 0 Å². The second kappa shape index (κ2) is 19.8. The SMILES string of the molecule is COC(=O)N[C@H](C(=O)N1[C@@H](c2ncc(-c3ccc4c(c3)COc3cc5c6c(ccc5cc3-4)N=C([C@@H]3C[C@H](C)[C@H](C)N3C(=O)[C@@H](NC(=O)OC)C3C[C@@H](C)O[C@H](C)C3)C6)[nH]2)C[C@@H](C)[C@H]1C)C1C[C@@H](C)O[C@H](C)C1. The Balaban J connectivity index is 0.878. The van der Waals surface area contributed by atoms with E-state index in [1.807, 2.05) is 43.7 Å². The molecule has 6 aliphatic heterocycles. The summed E-state index contributed by atoms with van der Waals surface area (Å²) in [6, 6.07) is 12.8. The van der Waals surface area contributed by atoms with Crippen molar-refractivity contribution >= 4 is 46.2 Å². The van der Waals surface area contributed by atoms with Gasteiger partial charge in [-0.05, 0) is 161 Å². The van der Waals surface area contributed by atoms with Crippen LogP contribution in [-0.2, 0) is 41.6 Å². The van der Waals surface area contributed by atoms with Crippen LogP contribution in [0.25, 0.3) is 33.2 Å². The zero-order valence-electron chi connectivity index (χ0n) is 43.3. The van der Waals surface area contributed by atoms with E-state index in [-0.39, 0.29) is 84.1 Å². The van der Waals surface area contributed by atoms with E-state index in [9.17, 15) is 19.2 Å². The minimum Gasteiger partial charge on any atom is -0.488 e. The number of methoxy groups -OCH3 is 2. The average molecular weight is 986 g/mol. The summed E-state index contributed by atoms with van der Waals surface area (Å²) in [5, 5.41) is 8.00. The predicted molar refractivity (Wildman–Crippen MR) is 273 cm³/mol. The van der Waals surface area contributed by atoms with Crippen LogP contribution < -0.4 is 15.4 Å². The summed E-state index contributed by atoms with van der Waals surface area (Å²) < 4.78 is 28.6. The summed E-state index contributed by atoms with van der Waals surface area (Å²) in [5.41, 5.74) is 7.96. The summed E-state index contributed by atoms with van der Waals surface area (Å²) in [4.78, 5) is 72.5. The predicted octanol–water partition coefficient (Wildman–Crippen LogP) is 9.20. The van der Waals surface area contributed by atoms with Gasteiger partial charge < -0.3 is 49.1 Å². The Morgan fingerprint density at radius 2 is 1.26 bits per heavy atom. The number of likely N-dealkylation sites (tertiary alicyclic amines) is 2. The van der Waals surface area contributed by atoms with Gasteiger partial charge in [0.15, 0.2) is 0 Å². The number of ether oxygens (including phenoxy) is 5. The normalized spacial score (nSPS) is 30.6. The van der Waals surface area contributed by atoms with Crippen molar-refractivity contribution in [1.29, 1.82) is 0 Å². The summed E-state index contributed by atoms with van der Waals surface area (Å²) in [5.74, 6) is 1.53. The summed E-state index contributed by atoms with van der Waals surface area (Å²) in [7, 11) is 2.65. The topological polar surface area (TPSA) is 186 Å². The number of fused-ring (bicyclic) bond motifs is 6. The van der Waals surface area contributed by atoms with E-state index in [2.05, 4.69) is 85.8 Å². The molecule has 3 N–H and O–H groups in total. The third kappa shape index (κ3) is 9.22. The lowest BCUT2D eigenvalue weighted by atomic mass is 9.85. The highest BCUT2D eigenvalue weighted by atomic mass is 16.5. The second-order valence-corrected chi connectivity index (χ2v) is 21.9. The molecule has 6 aliphatic rings. The highest BCUT2D eigenvalue weighted by Crippen LogP contribution is 2.47. The summed E-state index contributed by atoms with van der Waals surface area (Å²) in [6.07, 6.45) is 5.21. The van der Waals surface area contributed by atoms with Crippen LogP contribution in [0.2, 0.25) is 0 Å². The molecule has 10 rings (SSSR count). The molecule has 0 radical (unpaired) electrons. The van der Waals surface area contributed by atoms with Crippen molar-refractivity contribution in [3.63, 3.8) is 0 Å². The van der Waals surface area contributed by atoms with Gasteiger partial charge in [0.05, 0.1) is 68.3 Å². The lowest BCUT2D eigenvalue weighted by Gasteiger charge is -2.39. The van der Waals surface area contributed by atoms with Gasteiger partial charge in [-0.2, -0.15) is 0 Å². The van der Waals surface area contributed by atoms with Crippen LogP contribution in [-0.4, -0.2) is 118 Å². The zero-order chi connectivity index (χ0) is 50.9. The van der Waals surface area contributed by atoms with E-state index in [0.29, 0.717) is 44.5 Å². The van der Waals surface area contributed by atoms with Crippen molar-refractivity contribution in [2.24, 2.45) is 28.7 Å². The molecular weight excluding hydrogens is 915 g/mol. The smallest absolute Gasteiger partial charge is 0.407 e. The number of benzene rings is 3. The van der Waals surface area contributed by atoms with Gasteiger partial charge in [-0.3, -0.25) is 14.6 Å². The van der Waals surface area contributed by atoms with E-state index < -0.39 is 24.3 Å².